The molecule has 0 saturated heterocycles. The molecule has 1 saturated carbocycles. The maximum atomic E-state index is 12.5. The second-order valence-corrected chi connectivity index (χ2v) is 9.45. The fraction of sp³-hybridized carbons (Fsp3) is 0.172. The van der Waals surface area contributed by atoms with Gasteiger partial charge in [0.05, 0.1) is 22.8 Å². The lowest BCUT2D eigenvalue weighted by atomic mass is 9.89. The Kier molecular flexibility index (Phi) is 4.36. The normalized spacial score (nSPS) is 16.3. The molecule has 0 radical (unpaired) electrons. The smallest absolute Gasteiger partial charge is 0.251 e. The lowest BCUT2D eigenvalue weighted by Gasteiger charge is -2.26. The molecule has 0 bridgehead atoms. The van der Waals surface area contributed by atoms with Gasteiger partial charge in [0.2, 0.25) is 5.78 Å². The van der Waals surface area contributed by atoms with E-state index < -0.39 is 0 Å². The third-order valence-electron chi connectivity index (χ3n) is 7.29. The highest BCUT2D eigenvalue weighted by molar-refractivity contribution is 5.95. The molecule has 1 fully saturated rings. The summed E-state index contributed by atoms with van der Waals surface area (Å²) in [6, 6.07) is 18.5. The summed E-state index contributed by atoms with van der Waals surface area (Å²) in [5, 5.41) is 4.21. The van der Waals surface area contributed by atoms with Gasteiger partial charge in [-0.05, 0) is 60.7 Å². The Morgan fingerprint density at radius 3 is 2.54 bits per heavy atom. The van der Waals surface area contributed by atoms with E-state index in [4.69, 9.17) is 0 Å². The van der Waals surface area contributed by atoms with Gasteiger partial charge in [-0.1, -0.05) is 36.4 Å². The summed E-state index contributed by atoms with van der Waals surface area (Å²) < 4.78 is 2.07. The molecule has 0 aliphatic heterocycles. The summed E-state index contributed by atoms with van der Waals surface area (Å²) >= 11 is 0. The number of amides is 1. The lowest BCUT2D eigenvalue weighted by molar-refractivity contribution is 0.0917. The molecule has 2 aliphatic rings. The number of hydrogen-bond acceptors (Lipinski definition) is 4. The minimum Gasteiger partial charge on any atom is -0.349 e. The van der Waals surface area contributed by atoms with Gasteiger partial charge in [0.1, 0.15) is 0 Å². The Morgan fingerprint density at radius 1 is 0.943 bits per heavy atom. The van der Waals surface area contributed by atoms with E-state index in [0.717, 1.165) is 40.6 Å². The second kappa shape index (κ2) is 7.60. The van der Waals surface area contributed by atoms with Gasteiger partial charge in [0.15, 0.2) is 0 Å². The summed E-state index contributed by atoms with van der Waals surface area (Å²) in [4.78, 5) is 26.1. The number of allylic oxidation sites excluding steroid dienone is 2. The molecule has 0 spiro atoms. The molecule has 6 heteroatoms. The zero-order valence-electron chi connectivity index (χ0n) is 19.1. The maximum Gasteiger partial charge on any atom is 0.251 e. The number of aromatic nitrogens is 4. The average Bonchev–Trinajstić information content (AvgIpc) is 3.58. The van der Waals surface area contributed by atoms with Crippen LogP contribution in [0, 0.1) is 0 Å². The van der Waals surface area contributed by atoms with Crippen LogP contribution in [0.1, 0.15) is 40.9 Å². The number of rotatable bonds is 5. The van der Waals surface area contributed by atoms with E-state index in [2.05, 4.69) is 67.3 Å². The first-order valence-electron chi connectivity index (χ1n) is 12.0. The van der Waals surface area contributed by atoms with Crippen molar-refractivity contribution in [2.45, 2.75) is 30.7 Å². The third-order valence-corrected chi connectivity index (χ3v) is 7.29. The predicted octanol–water partition coefficient (Wildman–Crippen LogP) is 5.08. The summed E-state index contributed by atoms with van der Waals surface area (Å²) in [6.45, 7) is 0. The largest absolute Gasteiger partial charge is 0.349 e. The first kappa shape index (κ1) is 20.1. The molecule has 1 amide bonds. The van der Waals surface area contributed by atoms with Crippen molar-refractivity contribution >= 4 is 22.6 Å². The highest BCUT2D eigenvalue weighted by Gasteiger charge is 2.41. The number of fused-ring (bicyclic) bond motifs is 2. The zero-order chi connectivity index (χ0) is 23.4. The fourth-order valence-corrected chi connectivity index (χ4v) is 4.89. The van der Waals surface area contributed by atoms with Crippen molar-refractivity contribution in [3.63, 3.8) is 0 Å². The molecule has 6 nitrogen and oxygen atoms in total. The number of benzene rings is 2. The number of nitrogens with zero attached hydrogens (tertiary/aromatic N) is 4. The number of carbonyl (C=O) groups is 1. The Balaban J connectivity index is 1.22. The molecule has 5 aromatic rings. The maximum absolute atomic E-state index is 12.5. The summed E-state index contributed by atoms with van der Waals surface area (Å²) in [7, 11) is 0. The SMILES string of the molecule is O=C(NC1CCC1)c1ccc(-c2cnc3ncc(C4(c5ccc6ncccc6c5)C=C4)n3c2)cc1. The first-order chi connectivity index (χ1) is 17.2. The number of pyridine rings is 1. The molecule has 3 heterocycles. The van der Waals surface area contributed by atoms with Gasteiger partial charge < -0.3 is 5.32 Å². The van der Waals surface area contributed by atoms with E-state index >= 15 is 0 Å². The summed E-state index contributed by atoms with van der Waals surface area (Å²) in [5.41, 5.74) is 5.60. The van der Waals surface area contributed by atoms with Gasteiger partial charge >= 0.3 is 0 Å². The Hall–Kier alpha value is -4.32. The van der Waals surface area contributed by atoms with Crippen molar-refractivity contribution < 1.29 is 4.79 Å². The zero-order valence-corrected chi connectivity index (χ0v) is 19.1. The van der Waals surface area contributed by atoms with Crippen LogP contribution in [0.25, 0.3) is 27.8 Å². The van der Waals surface area contributed by atoms with Crippen LogP contribution in [-0.2, 0) is 5.41 Å². The van der Waals surface area contributed by atoms with Crippen LogP contribution in [0.2, 0.25) is 0 Å². The summed E-state index contributed by atoms with van der Waals surface area (Å²) in [6.07, 6.45) is 15.4. The van der Waals surface area contributed by atoms with Crippen LogP contribution in [0.5, 0.6) is 0 Å². The minimum atomic E-state index is -0.298. The van der Waals surface area contributed by atoms with E-state index in [9.17, 15) is 4.79 Å². The van der Waals surface area contributed by atoms with Crippen LogP contribution in [0.15, 0.2) is 91.5 Å². The molecule has 0 atom stereocenters. The minimum absolute atomic E-state index is 0.000873. The number of hydrogen-bond donors (Lipinski definition) is 1. The highest BCUT2D eigenvalue weighted by Crippen LogP contribution is 2.45. The lowest BCUT2D eigenvalue weighted by Crippen LogP contribution is -2.39. The molecule has 0 unspecified atom stereocenters. The quantitative estimate of drug-likeness (QED) is 0.374. The van der Waals surface area contributed by atoms with Crippen LogP contribution in [0.3, 0.4) is 0 Å². The van der Waals surface area contributed by atoms with E-state index in [0.29, 0.717) is 17.4 Å². The van der Waals surface area contributed by atoms with Crippen molar-refractivity contribution in [3.8, 4) is 11.1 Å². The van der Waals surface area contributed by atoms with Crippen molar-refractivity contribution in [2.75, 3.05) is 0 Å². The predicted molar refractivity (Wildman–Crippen MR) is 135 cm³/mol. The van der Waals surface area contributed by atoms with Crippen LogP contribution in [-0.4, -0.2) is 31.3 Å². The monoisotopic (exact) mass is 457 g/mol. The van der Waals surface area contributed by atoms with Crippen molar-refractivity contribution in [1.29, 1.82) is 0 Å². The molecule has 7 rings (SSSR count). The van der Waals surface area contributed by atoms with Gasteiger partial charge in [-0.25, -0.2) is 9.97 Å². The van der Waals surface area contributed by atoms with E-state index in [1.54, 1.807) is 0 Å². The first-order valence-corrected chi connectivity index (χ1v) is 12.0. The van der Waals surface area contributed by atoms with E-state index in [1.807, 2.05) is 48.9 Å². The van der Waals surface area contributed by atoms with E-state index in [1.165, 1.54) is 12.0 Å². The Bertz CT molecular complexity index is 1620. The van der Waals surface area contributed by atoms with Gasteiger partial charge in [0, 0.05) is 41.1 Å². The molecule has 2 aromatic carbocycles. The molecule has 3 aromatic heterocycles. The molecular formula is C29H23N5O. The molecule has 170 valence electrons. The highest BCUT2D eigenvalue weighted by atomic mass is 16.1. The van der Waals surface area contributed by atoms with Gasteiger partial charge in [-0.15, -0.1) is 0 Å². The van der Waals surface area contributed by atoms with Gasteiger partial charge in [0.25, 0.3) is 5.91 Å². The molecule has 1 N–H and O–H groups in total. The number of imidazole rings is 1. The topological polar surface area (TPSA) is 72.2 Å². The van der Waals surface area contributed by atoms with Crippen LogP contribution >= 0.6 is 0 Å². The number of carbonyl (C=O) groups excluding carboxylic acids is 1. The third kappa shape index (κ3) is 3.33. The average molecular weight is 458 g/mol. The standard InChI is InChI=1S/C29H23N5O/c35-27(33-24-4-1-5-24)20-8-6-19(7-9-20)22-16-31-28-32-17-26(34(28)18-22)29(12-13-29)23-10-11-25-21(15-23)3-2-14-30-25/h2-3,6-18,24H,1,4-5H2,(H,33,35). The summed E-state index contributed by atoms with van der Waals surface area (Å²) in [5.74, 6) is 0.662. The molecule has 35 heavy (non-hydrogen) atoms. The second-order valence-electron chi connectivity index (χ2n) is 9.45. The van der Waals surface area contributed by atoms with Crippen LogP contribution < -0.4 is 5.32 Å². The Morgan fingerprint density at radius 2 is 1.77 bits per heavy atom. The Labute approximate surface area is 202 Å². The van der Waals surface area contributed by atoms with Gasteiger partial charge in [-0.3, -0.25) is 14.2 Å². The molecular weight excluding hydrogens is 434 g/mol. The van der Waals surface area contributed by atoms with Crippen LogP contribution in [0.4, 0.5) is 0 Å². The van der Waals surface area contributed by atoms with Crippen molar-refractivity contribution in [3.05, 3.63) is 108 Å². The molecule has 2 aliphatic carbocycles. The van der Waals surface area contributed by atoms with Crippen molar-refractivity contribution in [1.82, 2.24) is 24.7 Å². The van der Waals surface area contributed by atoms with Crippen molar-refractivity contribution in [2.24, 2.45) is 0 Å². The van der Waals surface area contributed by atoms with Gasteiger partial charge in [-0.2, -0.15) is 0 Å². The number of nitrogens with one attached hydrogen (secondary N) is 1. The fourth-order valence-electron chi connectivity index (χ4n) is 4.89. The van der Waals surface area contributed by atoms with E-state index in [-0.39, 0.29) is 11.3 Å².